The maximum atomic E-state index is 12.1. The van der Waals surface area contributed by atoms with E-state index in [1.807, 2.05) is 91.0 Å². The van der Waals surface area contributed by atoms with Gasteiger partial charge in [-0.05, 0) is 16.7 Å². The van der Waals surface area contributed by atoms with Crippen LogP contribution in [0.4, 0.5) is 0 Å². The van der Waals surface area contributed by atoms with Crippen LogP contribution in [0, 0.1) is 0 Å². The predicted octanol–water partition coefficient (Wildman–Crippen LogP) is 3.05. The molecule has 170 valence electrons. The van der Waals surface area contributed by atoms with Gasteiger partial charge in [0.05, 0.1) is 25.4 Å². The fraction of sp³-hybridized carbons (Fsp3) is 0.250. The lowest BCUT2D eigenvalue weighted by Gasteiger charge is -2.37. The molecule has 0 radical (unpaired) electrons. The highest BCUT2D eigenvalue weighted by Crippen LogP contribution is 2.43. The average molecular weight is 457 g/mol. The summed E-state index contributed by atoms with van der Waals surface area (Å²) in [6.45, 7) is -0.957. The molecule has 0 amide bonds. The summed E-state index contributed by atoms with van der Waals surface area (Å²) in [5.41, 5.74) is 2.30. The molecule has 0 aliphatic carbocycles. The molecule has 0 bridgehead atoms. The van der Waals surface area contributed by atoms with E-state index >= 15 is 0 Å². The van der Waals surface area contributed by atoms with Crippen molar-refractivity contribution in [1.29, 1.82) is 0 Å². The number of aliphatic hydroxyl groups excluding tert-OH is 2. The third-order valence-electron chi connectivity index (χ3n) is 5.01. The van der Waals surface area contributed by atoms with Gasteiger partial charge >= 0.3 is 7.82 Å². The second kappa shape index (κ2) is 11.5. The van der Waals surface area contributed by atoms with E-state index in [1.54, 1.807) is 0 Å². The Labute approximate surface area is 187 Å². The average Bonchev–Trinajstić information content (AvgIpc) is 2.84. The summed E-state index contributed by atoms with van der Waals surface area (Å²) in [5.74, 6) is 0. The Morgan fingerprint density at radius 2 is 1.25 bits per heavy atom. The molecule has 3 rings (SSSR count). The zero-order valence-corrected chi connectivity index (χ0v) is 18.5. The van der Waals surface area contributed by atoms with E-state index in [0.29, 0.717) is 0 Å². The van der Waals surface area contributed by atoms with Crippen LogP contribution in [0.5, 0.6) is 0 Å². The van der Waals surface area contributed by atoms with E-state index in [2.05, 4.69) is 5.32 Å². The van der Waals surface area contributed by atoms with Gasteiger partial charge in [0.1, 0.15) is 6.10 Å². The Balaban J connectivity index is 1.85. The predicted molar refractivity (Wildman–Crippen MR) is 122 cm³/mol. The van der Waals surface area contributed by atoms with E-state index in [4.69, 9.17) is 14.2 Å². The molecule has 7 nitrogen and oxygen atoms in total. The molecule has 4 N–H and O–H groups in total. The highest BCUT2D eigenvalue weighted by atomic mass is 31.2. The van der Waals surface area contributed by atoms with E-state index in [-0.39, 0.29) is 13.2 Å². The zero-order valence-electron chi connectivity index (χ0n) is 17.6. The molecule has 0 saturated heterocycles. The minimum Gasteiger partial charge on any atom is -0.394 e. The van der Waals surface area contributed by atoms with Gasteiger partial charge < -0.3 is 15.1 Å². The molecule has 0 aliphatic heterocycles. The van der Waals surface area contributed by atoms with Crippen molar-refractivity contribution < 1.29 is 28.7 Å². The highest BCUT2D eigenvalue weighted by molar-refractivity contribution is 7.47. The van der Waals surface area contributed by atoms with Gasteiger partial charge in [-0.25, -0.2) is 4.57 Å². The standard InChI is InChI=1S/C24H28NO6P/c26-18-23(27)19-31-32(28,29)30-17-16-25-24(20-10-4-1-5-11-20,21-12-6-2-7-13-21)22-14-8-3-9-15-22/h1-15,23,25-27H,16-19H2,(H,28,29)/t23-/m0/s1. The lowest BCUT2D eigenvalue weighted by Crippen LogP contribution is -2.46. The molecule has 2 atom stereocenters. The van der Waals surface area contributed by atoms with Crippen molar-refractivity contribution in [2.24, 2.45) is 0 Å². The first-order chi connectivity index (χ1) is 15.5. The second-order valence-corrected chi connectivity index (χ2v) is 8.66. The van der Waals surface area contributed by atoms with E-state index < -0.39 is 32.7 Å². The van der Waals surface area contributed by atoms with Gasteiger partial charge in [0.25, 0.3) is 0 Å². The van der Waals surface area contributed by atoms with Gasteiger partial charge in [-0.2, -0.15) is 0 Å². The normalized spacial score (nSPS) is 14.6. The molecule has 0 fully saturated rings. The Kier molecular flexibility index (Phi) is 8.73. The molecule has 0 aromatic heterocycles. The van der Waals surface area contributed by atoms with E-state index in [0.717, 1.165) is 16.7 Å². The molecular weight excluding hydrogens is 429 g/mol. The van der Waals surface area contributed by atoms with Gasteiger partial charge in [-0.3, -0.25) is 14.4 Å². The summed E-state index contributed by atoms with van der Waals surface area (Å²) < 4.78 is 21.8. The number of hydrogen-bond acceptors (Lipinski definition) is 6. The van der Waals surface area contributed by atoms with Crippen LogP contribution in [0.25, 0.3) is 0 Å². The minimum absolute atomic E-state index is 0.114. The Bertz CT molecular complexity index is 890. The van der Waals surface area contributed by atoms with Crippen LogP contribution in [0.15, 0.2) is 91.0 Å². The third-order valence-corrected chi connectivity index (χ3v) is 5.99. The molecule has 3 aromatic carbocycles. The van der Waals surface area contributed by atoms with Crippen LogP contribution in [-0.4, -0.2) is 47.6 Å². The summed E-state index contributed by atoms with van der Waals surface area (Å²) >= 11 is 0. The largest absolute Gasteiger partial charge is 0.472 e. The summed E-state index contributed by atoms with van der Waals surface area (Å²) in [7, 11) is -4.37. The fourth-order valence-electron chi connectivity index (χ4n) is 3.54. The van der Waals surface area contributed by atoms with Crippen molar-refractivity contribution >= 4 is 7.82 Å². The molecule has 1 unspecified atom stereocenters. The number of phosphoric ester groups is 1. The SMILES string of the molecule is O=P(O)(OCCNC(c1ccccc1)(c1ccccc1)c1ccccc1)OC[C@@H](O)CO. The lowest BCUT2D eigenvalue weighted by molar-refractivity contribution is 0.0363. The van der Waals surface area contributed by atoms with Gasteiger partial charge in [0.2, 0.25) is 0 Å². The first-order valence-corrected chi connectivity index (χ1v) is 11.8. The number of aliphatic hydroxyl groups is 2. The van der Waals surface area contributed by atoms with E-state index in [9.17, 15) is 14.6 Å². The fourth-order valence-corrected chi connectivity index (χ4v) is 4.30. The molecule has 0 aliphatic rings. The molecular formula is C24H28NO6P. The first kappa shape index (κ1) is 24.3. The number of phosphoric acid groups is 1. The van der Waals surface area contributed by atoms with Gasteiger partial charge in [0, 0.05) is 6.54 Å². The number of hydrogen-bond donors (Lipinski definition) is 4. The van der Waals surface area contributed by atoms with Crippen LogP contribution in [0.2, 0.25) is 0 Å². The quantitative estimate of drug-likeness (QED) is 0.188. The molecule has 3 aromatic rings. The molecule has 0 saturated carbocycles. The van der Waals surface area contributed by atoms with E-state index in [1.165, 1.54) is 0 Å². The number of benzene rings is 3. The van der Waals surface area contributed by atoms with Crippen LogP contribution >= 0.6 is 7.82 Å². The van der Waals surface area contributed by atoms with Crippen molar-refractivity contribution in [2.75, 3.05) is 26.4 Å². The topological polar surface area (TPSA) is 108 Å². The Morgan fingerprint density at radius 3 is 1.66 bits per heavy atom. The van der Waals surface area contributed by atoms with Crippen molar-refractivity contribution in [2.45, 2.75) is 11.6 Å². The summed E-state index contributed by atoms with van der Waals surface area (Å²) in [4.78, 5) is 9.83. The van der Waals surface area contributed by atoms with Gasteiger partial charge in [0.15, 0.2) is 0 Å². The number of nitrogens with one attached hydrogen (secondary N) is 1. The maximum absolute atomic E-state index is 12.1. The van der Waals surface area contributed by atoms with Gasteiger partial charge in [-0.15, -0.1) is 0 Å². The lowest BCUT2D eigenvalue weighted by atomic mass is 9.77. The summed E-state index contributed by atoms with van der Waals surface area (Å²) in [6.07, 6.45) is -1.25. The zero-order chi connectivity index (χ0) is 22.9. The maximum Gasteiger partial charge on any atom is 0.472 e. The van der Waals surface area contributed by atoms with Crippen molar-refractivity contribution in [3.63, 3.8) is 0 Å². The van der Waals surface area contributed by atoms with Crippen LogP contribution in [0.1, 0.15) is 16.7 Å². The number of rotatable bonds is 12. The van der Waals surface area contributed by atoms with Crippen molar-refractivity contribution in [1.82, 2.24) is 5.32 Å². The third kappa shape index (κ3) is 6.12. The molecule has 32 heavy (non-hydrogen) atoms. The van der Waals surface area contributed by atoms with Gasteiger partial charge in [-0.1, -0.05) is 91.0 Å². The molecule has 0 heterocycles. The molecule has 0 spiro atoms. The van der Waals surface area contributed by atoms with Crippen LogP contribution in [0.3, 0.4) is 0 Å². The highest BCUT2D eigenvalue weighted by Gasteiger charge is 2.35. The van der Waals surface area contributed by atoms with Crippen LogP contribution < -0.4 is 5.32 Å². The van der Waals surface area contributed by atoms with Crippen molar-refractivity contribution in [3.8, 4) is 0 Å². The smallest absolute Gasteiger partial charge is 0.394 e. The van der Waals surface area contributed by atoms with Crippen LogP contribution in [-0.2, 0) is 19.2 Å². The monoisotopic (exact) mass is 457 g/mol. The minimum atomic E-state index is -4.37. The molecule has 8 heteroatoms. The summed E-state index contributed by atoms with van der Waals surface area (Å²) in [5, 5.41) is 21.6. The Morgan fingerprint density at radius 1 is 0.812 bits per heavy atom. The van der Waals surface area contributed by atoms with Crippen molar-refractivity contribution in [3.05, 3.63) is 108 Å². The first-order valence-electron chi connectivity index (χ1n) is 10.3. The summed E-state index contributed by atoms with van der Waals surface area (Å²) in [6, 6.07) is 29.9. The second-order valence-electron chi connectivity index (χ2n) is 7.21. The Hall–Kier alpha value is -2.35.